The third kappa shape index (κ3) is 3.74. The molecule has 0 unspecified atom stereocenters. The molecular weight excluding hydrogens is 202 g/mol. The topological polar surface area (TPSA) is 44.5 Å². The predicted molar refractivity (Wildman–Crippen MR) is 66.2 cm³/mol. The monoisotopic (exact) mass is 223 g/mol. The Morgan fingerprint density at radius 3 is 2.56 bits per heavy atom. The van der Waals surface area contributed by atoms with E-state index in [-0.39, 0.29) is 0 Å². The summed E-state index contributed by atoms with van der Waals surface area (Å²) in [5.74, 6) is 1.64. The summed E-state index contributed by atoms with van der Waals surface area (Å²) in [4.78, 5) is 0. The van der Waals surface area contributed by atoms with Crippen molar-refractivity contribution >= 4 is 0 Å². The standard InChI is InChI=1S/C13H21NO2/c1-3-9-16-12-6-5-11(7-8-14)10-13(12)15-4-2/h5-6,10H,3-4,7-9,14H2,1-2H3. The van der Waals surface area contributed by atoms with Crippen molar-refractivity contribution in [1.82, 2.24) is 0 Å². The summed E-state index contributed by atoms with van der Waals surface area (Å²) in [7, 11) is 0. The Morgan fingerprint density at radius 2 is 1.94 bits per heavy atom. The fourth-order valence-corrected chi connectivity index (χ4v) is 1.47. The van der Waals surface area contributed by atoms with Crippen molar-refractivity contribution in [2.45, 2.75) is 26.7 Å². The maximum atomic E-state index is 5.62. The van der Waals surface area contributed by atoms with Gasteiger partial charge >= 0.3 is 0 Å². The van der Waals surface area contributed by atoms with E-state index < -0.39 is 0 Å². The first-order valence-electron chi connectivity index (χ1n) is 5.90. The van der Waals surface area contributed by atoms with Crippen LogP contribution in [0.1, 0.15) is 25.8 Å². The first-order valence-corrected chi connectivity index (χ1v) is 5.90. The summed E-state index contributed by atoms with van der Waals surface area (Å²) in [5.41, 5.74) is 6.72. The van der Waals surface area contributed by atoms with Gasteiger partial charge in [0.2, 0.25) is 0 Å². The van der Waals surface area contributed by atoms with Crippen molar-refractivity contribution in [3.8, 4) is 11.5 Å². The molecule has 0 aliphatic rings. The Kier molecular flexibility index (Phi) is 5.72. The lowest BCUT2D eigenvalue weighted by molar-refractivity contribution is 0.276. The predicted octanol–water partition coefficient (Wildman–Crippen LogP) is 2.38. The highest BCUT2D eigenvalue weighted by atomic mass is 16.5. The molecule has 0 aromatic heterocycles. The Bertz CT molecular complexity index is 313. The fraction of sp³-hybridized carbons (Fsp3) is 0.538. The quantitative estimate of drug-likeness (QED) is 0.772. The molecule has 3 heteroatoms. The van der Waals surface area contributed by atoms with Crippen LogP contribution >= 0.6 is 0 Å². The molecule has 1 aromatic rings. The molecule has 0 aliphatic heterocycles. The molecular formula is C13H21NO2. The van der Waals surface area contributed by atoms with Gasteiger partial charge in [0.25, 0.3) is 0 Å². The van der Waals surface area contributed by atoms with Crippen LogP contribution in [0.2, 0.25) is 0 Å². The molecule has 0 saturated heterocycles. The lowest BCUT2D eigenvalue weighted by Crippen LogP contribution is -2.04. The van der Waals surface area contributed by atoms with E-state index in [0.29, 0.717) is 13.2 Å². The lowest BCUT2D eigenvalue weighted by atomic mass is 10.1. The molecule has 1 rings (SSSR count). The largest absolute Gasteiger partial charge is 0.490 e. The van der Waals surface area contributed by atoms with Gasteiger partial charge in [0.15, 0.2) is 11.5 Å². The minimum atomic E-state index is 0.647. The van der Waals surface area contributed by atoms with Crippen LogP contribution in [0.15, 0.2) is 18.2 Å². The molecule has 0 aliphatic carbocycles. The smallest absolute Gasteiger partial charge is 0.161 e. The molecule has 0 heterocycles. The third-order valence-electron chi connectivity index (χ3n) is 2.20. The number of benzene rings is 1. The van der Waals surface area contributed by atoms with Crippen molar-refractivity contribution in [1.29, 1.82) is 0 Å². The van der Waals surface area contributed by atoms with E-state index >= 15 is 0 Å². The molecule has 16 heavy (non-hydrogen) atoms. The molecule has 0 fully saturated rings. The van der Waals surface area contributed by atoms with Gasteiger partial charge < -0.3 is 15.2 Å². The van der Waals surface area contributed by atoms with Gasteiger partial charge in [-0.1, -0.05) is 13.0 Å². The summed E-state index contributed by atoms with van der Waals surface area (Å²) >= 11 is 0. The third-order valence-corrected chi connectivity index (χ3v) is 2.20. The van der Waals surface area contributed by atoms with E-state index in [0.717, 1.165) is 30.9 Å². The number of hydrogen-bond acceptors (Lipinski definition) is 3. The Labute approximate surface area is 97.6 Å². The van der Waals surface area contributed by atoms with E-state index in [1.807, 2.05) is 25.1 Å². The van der Waals surface area contributed by atoms with Crippen LogP contribution in [0.25, 0.3) is 0 Å². The van der Waals surface area contributed by atoms with E-state index in [4.69, 9.17) is 15.2 Å². The van der Waals surface area contributed by atoms with Crippen LogP contribution in [0.5, 0.6) is 11.5 Å². The summed E-state index contributed by atoms with van der Waals surface area (Å²) in [5, 5.41) is 0. The molecule has 0 radical (unpaired) electrons. The highest BCUT2D eigenvalue weighted by molar-refractivity contribution is 5.43. The number of hydrogen-bond donors (Lipinski definition) is 1. The van der Waals surface area contributed by atoms with Crippen LogP contribution in [-0.4, -0.2) is 19.8 Å². The second kappa shape index (κ2) is 7.12. The van der Waals surface area contributed by atoms with Gasteiger partial charge in [0.05, 0.1) is 13.2 Å². The minimum Gasteiger partial charge on any atom is -0.490 e. The molecule has 90 valence electrons. The fourth-order valence-electron chi connectivity index (χ4n) is 1.47. The zero-order valence-electron chi connectivity index (χ0n) is 10.2. The second-order valence-corrected chi connectivity index (χ2v) is 3.60. The first kappa shape index (κ1) is 12.8. The number of ether oxygens (including phenoxy) is 2. The Balaban J connectivity index is 2.80. The van der Waals surface area contributed by atoms with E-state index in [1.54, 1.807) is 0 Å². The first-order chi connectivity index (χ1) is 7.81. The normalized spacial score (nSPS) is 10.2. The SMILES string of the molecule is CCCOc1ccc(CCN)cc1OCC. The second-order valence-electron chi connectivity index (χ2n) is 3.60. The van der Waals surface area contributed by atoms with E-state index in [1.165, 1.54) is 5.56 Å². The maximum Gasteiger partial charge on any atom is 0.161 e. The molecule has 0 bridgehead atoms. The van der Waals surface area contributed by atoms with Gasteiger partial charge in [-0.2, -0.15) is 0 Å². The molecule has 2 N–H and O–H groups in total. The lowest BCUT2D eigenvalue weighted by Gasteiger charge is -2.12. The average Bonchev–Trinajstić information content (AvgIpc) is 2.29. The van der Waals surface area contributed by atoms with Crippen molar-refractivity contribution in [3.63, 3.8) is 0 Å². The molecule has 0 amide bonds. The van der Waals surface area contributed by atoms with Crippen LogP contribution in [0.3, 0.4) is 0 Å². The zero-order valence-corrected chi connectivity index (χ0v) is 10.2. The van der Waals surface area contributed by atoms with Crippen molar-refractivity contribution in [2.75, 3.05) is 19.8 Å². The van der Waals surface area contributed by atoms with E-state index in [2.05, 4.69) is 6.92 Å². The summed E-state index contributed by atoms with van der Waals surface area (Å²) in [6, 6.07) is 6.02. The number of rotatable bonds is 7. The van der Waals surface area contributed by atoms with Gasteiger partial charge in [-0.25, -0.2) is 0 Å². The molecule has 1 aromatic carbocycles. The zero-order chi connectivity index (χ0) is 11.8. The highest BCUT2D eigenvalue weighted by Gasteiger charge is 2.05. The Morgan fingerprint density at radius 1 is 1.12 bits per heavy atom. The number of nitrogens with two attached hydrogens (primary N) is 1. The van der Waals surface area contributed by atoms with Crippen molar-refractivity contribution < 1.29 is 9.47 Å². The van der Waals surface area contributed by atoms with Crippen LogP contribution < -0.4 is 15.2 Å². The molecule has 0 saturated carbocycles. The van der Waals surface area contributed by atoms with Crippen LogP contribution in [-0.2, 0) is 6.42 Å². The Hall–Kier alpha value is -1.22. The summed E-state index contributed by atoms with van der Waals surface area (Å²) < 4.78 is 11.2. The van der Waals surface area contributed by atoms with Crippen molar-refractivity contribution in [2.24, 2.45) is 5.73 Å². The van der Waals surface area contributed by atoms with Crippen LogP contribution in [0, 0.1) is 0 Å². The van der Waals surface area contributed by atoms with Crippen molar-refractivity contribution in [3.05, 3.63) is 23.8 Å². The highest BCUT2D eigenvalue weighted by Crippen LogP contribution is 2.28. The molecule has 0 spiro atoms. The van der Waals surface area contributed by atoms with Gasteiger partial charge in [0.1, 0.15) is 0 Å². The van der Waals surface area contributed by atoms with Gasteiger partial charge in [0, 0.05) is 0 Å². The van der Waals surface area contributed by atoms with Gasteiger partial charge in [-0.05, 0) is 44.0 Å². The maximum absolute atomic E-state index is 5.62. The van der Waals surface area contributed by atoms with E-state index in [9.17, 15) is 0 Å². The van der Waals surface area contributed by atoms with Gasteiger partial charge in [-0.3, -0.25) is 0 Å². The summed E-state index contributed by atoms with van der Waals surface area (Å²) in [6.07, 6.45) is 1.87. The molecule has 3 nitrogen and oxygen atoms in total. The summed E-state index contributed by atoms with van der Waals surface area (Å²) in [6.45, 7) is 6.08. The average molecular weight is 223 g/mol. The minimum absolute atomic E-state index is 0.647. The molecule has 0 atom stereocenters. The van der Waals surface area contributed by atoms with Gasteiger partial charge in [-0.15, -0.1) is 0 Å². The van der Waals surface area contributed by atoms with Crippen LogP contribution in [0.4, 0.5) is 0 Å².